The molecule has 0 atom stereocenters. The van der Waals surface area contributed by atoms with Crippen LogP contribution in [0.1, 0.15) is 63.1 Å². The van der Waals surface area contributed by atoms with E-state index in [1.165, 1.54) is 12.8 Å². The molecule has 5 heteroatoms. The summed E-state index contributed by atoms with van der Waals surface area (Å²) in [6.07, 6.45) is 7.69. The predicted octanol–water partition coefficient (Wildman–Crippen LogP) is 6.32. The Bertz CT molecular complexity index is 951. The number of ether oxygens (including phenoxy) is 2. The van der Waals surface area contributed by atoms with E-state index in [2.05, 4.69) is 12.2 Å². The molecule has 0 fully saturated rings. The molecule has 170 valence electrons. The van der Waals surface area contributed by atoms with Crippen molar-refractivity contribution in [2.75, 3.05) is 19.0 Å². The zero-order valence-electron chi connectivity index (χ0n) is 19.7. The molecule has 5 nitrogen and oxygen atoms in total. The number of hydrogen-bond donors (Lipinski definition) is 1. The maximum absolute atomic E-state index is 12.9. The van der Waals surface area contributed by atoms with Crippen LogP contribution in [0.15, 0.2) is 42.0 Å². The van der Waals surface area contributed by atoms with Crippen molar-refractivity contribution in [1.29, 1.82) is 5.26 Å². The lowest BCUT2D eigenvalue weighted by atomic mass is 10.0. The minimum atomic E-state index is -0.418. The summed E-state index contributed by atoms with van der Waals surface area (Å²) in [7, 11) is 1.58. The van der Waals surface area contributed by atoms with E-state index in [4.69, 9.17) is 9.47 Å². The monoisotopic (exact) mass is 434 g/mol. The molecule has 0 heterocycles. The highest BCUT2D eigenvalue weighted by atomic mass is 16.5. The van der Waals surface area contributed by atoms with Gasteiger partial charge in [0.15, 0.2) is 11.5 Å². The number of para-hydroxylation sites is 1. The Morgan fingerprint density at radius 1 is 1.03 bits per heavy atom. The maximum atomic E-state index is 12.9. The van der Waals surface area contributed by atoms with Crippen molar-refractivity contribution in [3.63, 3.8) is 0 Å². The van der Waals surface area contributed by atoms with Crippen molar-refractivity contribution in [3.8, 4) is 17.6 Å². The summed E-state index contributed by atoms with van der Waals surface area (Å²) in [4.78, 5) is 12.9. The van der Waals surface area contributed by atoms with Crippen LogP contribution in [0.25, 0.3) is 6.08 Å². The van der Waals surface area contributed by atoms with Gasteiger partial charge in [0.05, 0.1) is 13.7 Å². The minimum absolute atomic E-state index is 0.0354. The number of anilines is 1. The number of carbonyl (C=O) groups excluding carboxylic acids is 1. The molecule has 0 unspecified atom stereocenters. The topological polar surface area (TPSA) is 71.3 Å². The maximum Gasteiger partial charge on any atom is 0.266 e. The number of nitriles is 1. The van der Waals surface area contributed by atoms with Crippen molar-refractivity contribution in [1.82, 2.24) is 0 Å². The van der Waals surface area contributed by atoms with Gasteiger partial charge in [-0.05, 0) is 54.2 Å². The summed E-state index contributed by atoms with van der Waals surface area (Å²) in [5.41, 5.74) is 3.64. The van der Waals surface area contributed by atoms with Crippen molar-refractivity contribution >= 4 is 17.7 Å². The molecule has 0 saturated heterocycles. The van der Waals surface area contributed by atoms with Crippen LogP contribution in [-0.2, 0) is 17.6 Å². The molecule has 0 spiro atoms. The molecule has 2 aromatic rings. The first-order valence-corrected chi connectivity index (χ1v) is 11.4. The molecule has 0 aliphatic carbocycles. The second-order valence-corrected chi connectivity index (χ2v) is 7.60. The third kappa shape index (κ3) is 6.88. The van der Waals surface area contributed by atoms with E-state index in [1.54, 1.807) is 19.3 Å². The summed E-state index contributed by atoms with van der Waals surface area (Å²) >= 11 is 0. The molecule has 0 saturated carbocycles. The van der Waals surface area contributed by atoms with Crippen LogP contribution in [0.5, 0.6) is 11.5 Å². The summed E-state index contributed by atoms with van der Waals surface area (Å²) in [5.74, 6) is 0.823. The molecule has 0 radical (unpaired) electrons. The van der Waals surface area contributed by atoms with Crippen molar-refractivity contribution in [3.05, 3.63) is 58.7 Å². The number of methoxy groups -OCH3 is 1. The SMILES string of the molecule is CCCCCCOc1ccc(/C=C(\C#N)C(=O)Nc2c(CC)cccc2CC)cc1OC. The van der Waals surface area contributed by atoms with E-state index in [-0.39, 0.29) is 5.57 Å². The van der Waals surface area contributed by atoms with Gasteiger partial charge in [-0.15, -0.1) is 0 Å². The number of unbranched alkanes of at least 4 members (excludes halogenated alkanes) is 3. The number of carbonyl (C=O) groups is 1. The highest BCUT2D eigenvalue weighted by molar-refractivity contribution is 6.10. The van der Waals surface area contributed by atoms with Crippen LogP contribution in [0.3, 0.4) is 0 Å². The number of aryl methyl sites for hydroxylation is 2. The van der Waals surface area contributed by atoms with Gasteiger partial charge in [-0.3, -0.25) is 4.79 Å². The van der Waals surface area contributed by atoms with Gasteiger partial charge in [0.2, 0.25) is 0 Å². The first-order valence-electron chi connectivity index (χ1n) is 11.4. The number of rotatable bonds is 12. The first kappa shape index (κ1) is 25.0. The number of benzene rings is 2. The van der Waals surface area contributed by atoms with Gasteiger partial charge >= 0.3 is 0 Å². The molecule has 0 aliphatic rings. The Kier molecular flexibility index (Phi) is 10.3. The fourth-order valence-corrected chi connectivity index (χ4v) is 3.50. The second-order valence-electron chi connectivity index (χ2n) is 7.60. The standard InChI is InChI=1S/C27H34N2O3/c1-5-8-9-10-16-32-24-15-14-20(18-25(24)31-4)17-23(19-28)27(30)29-26-21(6-2)12-11-13-22(26)7-3/h11-15,17-18H,5-10,16H2,1-4H3,(H,29,30)/b23-17+. The Labute approximate surface area is 192 Å². The van der Waals surface area contributed by atoms with Crippen molar-refractivity contribution < 1.29 is 14.3 Å². The first-order chi connectivity index (χ1) is 15.6. The summed E-state index contributed by atoms with van der Waals surface area (Å²) < 4.78 is 11.3. The van der Waals surface area contributed by atoms with E-state index >= 15 is 0 Å². The minimum Gasteiger partial charge on any atom is -0.493 e. The third-order valence-corrected chi connectivity index (χ3v) is 5.36. The molecule has 2 rings (SSSR count). The quantitative estimate of drug-likeness (QED) is 0.241. The highest BCUT2D eigenvalue weighted by Crippen LogP contribution is 2.29. The summed E-state index contributed by atoms with van der Waals surface area (Å²) in [6.45, 7) is 6.90. The van der Waals surface area contributed by atoms with Gasteiger partial charge in [0, 0.05) is 5.69 Å². The van der Waals surface area contributed by atoms with E-state index in [1.807, 2.05) is 50.2 Å². The summed E-state index contributed by atoms with van der Waals surface area (Å²) in [5, 5.41) is 12.6. The molecule has 0 aliphatic heterocycles. The lowest BCUT2D eigenvalue weighted by molar-refractivity contribution is -0.112. The van der Waals surface area contributed by atoms with Crippen LogP contribution < -0.4 is 14.8 Å². The highest BCUT2D eigenvalue weighted by Gasteiger charge is 2.15. The van der Waals surface area contributed by atoms with Crippen LogP contribution in [-0.4, -0.2) is 19.6 Å². The predicted molar refractivity (Wildman–Crippen MR) is 130 cm³/mol. The average Bonchev–Trinajstić information content (AvgIpc) is 2.82. The zero-order chi connectivity index (χ0) is 23.3. The van der Waals surface area contributed by atoms with E-state index < -0.39 is 5.91 Å². The van der Waals surface area contributed by atoms with Gasteiger partial charge in [0.1, 0.15) is 11.6 Å². The second kappa shape index (κ2) is 13.2. The van der Waals surface area contributed by atoms with Crippen molar-refractivity contribution in [2.45, 2.75) is 59.3 Å². The van der Waals surface area contributed by atoms with E-state index in [0.717, 1.165) is 42.5 Å². The van der Waals surface area contributed by atoms with Crippen LogP contribution in [0, 0.1) is 11.3 Å². The third-order valence-electron chi connectivity index (χ3n) is 5.36. The van der Waals surface area contributed by atoms with Gasteiger partial charge in [-0.25, -0.2) is 0 Å². The van der Waals surface area contributed by atoms with Gasteiger partial charge < -0.3 is 14.8 Å². The number of nitrogens with one attached hydrogen (secondary N) is 1. The zero-order valence-corrected chi connectivity index (χ0v) is 19.7. The largest absolute Gasteiger partial charge is 0.493 e. The fourth-order valence-electron chi connectivity index (χ4n) is 3.50. The van der Waals surface area contributed by atoms with E-state index in [9.17, 15) is 10.1 Å². The lowest BCUT2D eigenvalue weighted by Crippen LogP contribution is -2.16. The molecular weight excluding hydrogens is 400 g/mol. The van der Waals surface area contributed by atoms with Crippen molar-refractivity contribution in [2.24, 2.45) is 0 Å². The molecule has 32 heavy (non-hydrogen) atoms. The molecular formula is C27H34N2O3. The number of hydrogen-bond acceptors (Lipinski definition) is 4. The van der Waals surface area contributed by atoms with Crippen LogP contribution in [0.4, 0.5) is 5.69 Å². The molecule has 1 N–H and O–H groups in total. The van der Waals surface area contributed by atoms with Crippen LogP contribution in [0.2, 0.25) is 0 Å². The van der Waals surface area contributed by atoms with E-state index in [0.29, 0.717) is 23.7 Å². The Morgan fingerprint density at radius 3 is 2.34 bits per heavy atom. The lowest BCUT2D eigenvalue weighted by Gasteiger charge is -2.14. The molecule has 0 aromatic heterocycles. The average molecular weight is 435 g/mol. The Morgan fingerprint density at radius 2 is 1.75 bits per heavy atom. The number of amides is 1. The molecule has 2 aromatic carbocycles. The number of nitrogens with zero attached hydrogens (tertiary/aromatic N) is 1. The molecule has 1 amide bonds. The Hall–Kier alpha value is -3.26. The van der Waals surface area contributed by atoms with Crippen LogP contribution >= 0.6 is 0 Å². The van der Waals surface area contributed by atoms with Gasteiger partial charge in [0.25, 0.3) is 5.91 Å². The Balaban J connectivity index is 2.19. The molecule has 0 bridgehead atoms. The normalized spacial score (nSPS) is 11.0. The fraction of sp³-hybridized carbons (Fsp3) is 0.407. The summed E-state index contributed by atoms with van der Waals surface area (Å²) in [6, 6.07) is 13.4. The van der Waals surface area contributed by atoms with Gasteiger partial charge in [-0.1, -0.05) is 64.3 Å². The smallest absolute Gasteiger partial charge is 0.266 e. The van der Waals surface area contributed by atoms with Gasteiger partial charge in [-0.2, -0.15) is 5.26 Å².